The molecule has 0 aromatic carbocycles. The molecule has 0 aliphatic carbocycles. The van der Waals surface area contributed by atoms with E-state index in [2.05, 4.69) is 22.4 Å². The van der Waals surface area contributed by atoms with Gasteiger partial charge in [-0.3, -0.25) is 5.10 Å². The maximum Gasteiger partial charge on any atom is 0.247 e. The lowest BCUT2D eigenvalue weighted by molar-refractivity contribution is 0.353. The van der Waals surface area contributed by atoms with Crippen molar-refractivity contribution in [2.45, 2.75) is 64.9 Å². The summed E-state index contributed by atoms with van der Waals surface area (Å²) in [4.78, 5) is 0.327. The Morgan fingerprint density at radius 3 is 2.48 bits per heavy atom. The molecule has 0 fully saturated rings. The minimum absolute atomic E-state index is 0.0688. The van der Waals surface area contributed by atoms with Crippen molar-refractivity contribution < 1.29 is 8.42 Å². The van der Waals surface area contributed by atoms with Crippen molar-refractivity contribution in [1.82, 2.24) is 19.8 Å². The number of aromatic amines is 1. The summed E-state index contributed by atoms with van der Waals surface area (Å²) in [5.74, 6) is 0. The number of sulfonamides is 1. The molecular formula is C14H28N4O2S. The van der Waals surface area contributed by atoms with E-state index in [9.17, 15) is 8.42 Å². The van der Waals surface area contributed by atoms with E-state index in [1.807, 2.05) is 20.8 Å². The molecule has 0 saturated heterocycles. The van der Waals surface area contributed by atoms with Crippen LogP contribution in [0, 0.1) is 6.92 Å². The second kappa shape index (κ2) is 7.91. The van der Waals surface area contributed by atoms with Gasteiger partial charge in [-0.05, 0) is 40.2 Å². The molecule has 1 rings (SSSR count). The fraction of sp³-hybridized carbons (Fsp3) is 0.786. The van der Waals surface area contributed by atoms with Gasteiger partial charge < -0.3 is 5.32 Å². The summed E-state index contributed by atoms with van der Waals surface area (Å²) < 4.78 is 27.4. The molecule has 6 nitrogen and oxygen atoms in total. The van der Waals surface area contributed by atoms with Crippen molar-refractivity contribution in [3.05, 3.63) is 11.4 Å². The van der Waals surface area contributed by atoms with E-state index in [1.165, 1.54) is 0 Å². The Labute approximate surface area is 128 Å². The van der Waals surface area contributed by atoms with Crippen molar-refractivity contribution in [3.63, 3.8) is 0 Å². The van der Waals surface area contributed by atoms with Gasteiger partial charge in [0, 0.05) is 19.1 Å². The molecule has 0 saturated carbocycles. The van der Waals surface area contributed by atoms with Gasteiger partial charge in [0.05, 0.1) is 11.4 Å². The molecule has 0 spiro atoms. The van der Waals surface area contributed by atoms with E-state index in [4.69, 9.17) is 0 Å². The number of hydrogen-bond acceptors (Lipinski definition) is 4. The number of aryl methyl sites for hydroxylation is 1. The lowest BCUT2D eigenvalue weighted by Crippen LogP contribution is -2.38. The van der Waals surface area contributed by atoms with E-state index in [1.54, 1.807) is 11.2 Å². The minimum atomic E-state index is -3.52. The molecule has 0 amide bonds. The Bertz CT molecular complexity index is 537. The second-order valence-corrected chi connectivity index (χ2v) is 7.34. The van der Waals surface area contributed by atoms with Crippen LogP contribution in [0.4, 0.5) is 0 Å². The summed E-state index contributed by atoms with van der Waals surface area (Å²) in [6, 6.07) is -0.0688. The predicted molar refractivity (Wildman–Crippen MR) is 84.6 cm³/mol. The van der Waals surface area contributed by atoms with Crippen molar-refractivity contribution in [2.75, 3.05) is 13.1 Å². The molecule has 0 unspecified atom stereocenters. The molecule has 0 aliphatic heterocycles. The molecule has 2 N–H and O–H groups in total. The number of nitrogens with zero attached hydrogens (tertiary/aromatic N) is 2. The first-order valence-electron chi connectivity index (χ1n) is 7.62. The first-order valence-corrected chi connectivity index (χ1v) is 9.06. The van der Waals surface area contributed by atoms with Crippen LogP contribution in [0.15, 0.2) is 4.90 Å². The normalized spacial score (nSPS) is 12.5. The average molecular weight is 316 g/mol. The molecule has 1 heterocycles. The Kier molecular flexibility index (Phi) is 6.83. The molecule has 1 aromatic rings. The maximum absolute atomic E-state index is 12.9. The van der Waals surface area contributed by atoms with E-state index in [0.29, 0.717) is 29.4 Å². The first-order chi connectivity index (χ1) is 9.86. The summed E-state index contributed by atoms with van der Waals surface area (Å²) in [7, 11) is -3.52. The fourth-order valence-electron chi connectivity index (χ4n) is 2.31. The highest BCUT2D eigenvalue weighted by Crippen LogP contribution is 2.24. The van der Waals surface area contributed by atoms with Gasteiger partial charge in [0.15, 0.2) is 0 Å². The fourth-order valence-corrected chi connectivity index (χ4v) is 4.37. The molecule has 21 heavy (non-hydrogen) atoms. The minimum Gasteiger partial charge on any atom is -0.311 e. The molecule has 0 atom stereocenters. The Balaban J connectivity index is 3.14. The molecular weight excluding hydrogens is 288 g/mol. The van der Waals surface area contributed by atoms with Gasteiger partial charge in [-0.25, -0.2) is 8.42 Å². The van der Waals surface area contributed by atoms with Gasteiger partial charge in [0.25, 0.3) is 0 Å². The maximum atomic E-state index is 12.9. The van der Waals surface area contributed by atoms with Crippen LogP contribution in [0.1, 0.15) is 51.9 Å². The van der Waals surface area contributed by atoms with E-state index in [0.717, 1.165) is 19.4 Å². The number of rotatable bonds is 9. The van der Waals surface area contributed by atoms with Crippen molar-refractivity contribution >= 4 is 10.0 Å². The highest BCUT2D eigenvalue weighted by Gasteiger charge is 2.31. The van der Waals surface area contributed by atoms with Gasteiger partial charge in [0.1, 0.15) is 4.90 Å². The summed E-state index contributed by atoms with van der Waals surface area (Å²) in [6.45, 7) is 11.4. The standard InChI is InChI=1S/C14H28N4O2S/c1-6-8-15-10-13-14(12(5)16-17-13)21(19,20)18(9-7-2)11(3)4/h11,15H,6-10H2,1-5H3,(H,16,17). The van der Waals surface area contributed by atoms with E-state index < -0.39 is 10.0 Å². The van der Waals surface area contributed by atoms with Crippen LogP contribution < -0.4 is 5.32 Å². The SMILES string of the molecule is CCCNCc1n[nH]c(C)c1S(=O)(=O)N(CCC)C(C)C. The number of H-pyrrole nitrogens is 1. The molecule has 0 radical (unpaired) electrons. The quantitative estimate of drug-likeness (QED) is 0.683. The van der Waals surface area contributed by atoms with Crippen LogP contribution in [0.2, 0.25) is 0 Å². The van der Waals surface area contributed by atoms with Crippen molar-refractivity contribution in [3.8, 4) is 0 Å². The highest BCUT2D eigenvalue weighted by molar-refractivity contribution is 7.89. The summed E-state index contributed by atoms with van der Waals surface area (Å²) >= 11 is 0. The zero-order chi connectivity index (χ0) is 16.0. The predicted octanol–water partition coefficient (Wildman–Crippen LogP) is 2.03. The van der Waals surface area contributed by atoms with Gasteiger partial charge in [-0.2, -0.15) is 9.40 Å². The Hall–Kier alpha value is -0.920. The zero-order valence-electron chi connectivity index (χ0n) is 13.7. The third-order valence-corrected chi connectivity index (χ3v) is 5.55. The number of aromatic nitrogens is 2. The van der Waals surface area contributed by atoms with Gasteiger partial charge >= 0.3 is 0 Å². The van der Waals surface area contributed by atoms with Crippen molar-refractivity contribution in [1.29, 1.82) is 0 Å². The average Bonchev–Trinajstić information content (AvgIpc) is 2.77. The van der Waals surface area contributed by atoms with Crippen LogP contribution >= 0.6 is 0 Å². The van der Waals surface area contributed by atoms with Gasteiger partial charge in [0.2, 0.25) is 10.0 Å². The molecule has 122 valence electrons. The van der Waals surface area contributed by atoms with Crippen molar-refractivity contribution in [2.24, 2.45) is 0 Å². The largest absolute Gasteiger partial charge is 0.311 e. The summed E-state index contributed by atoms with van der Waals surface area (Å²) in [6.07, 6.45) is 1.79. The van der Waals surface area contributed by atoms with Crippen LogP contribution in [0.5, 0.6) is 0 Å². The first kappa shape index (κ1) is 18.1. The van der Waals surface area contributed by atoms with Crippen LogP contribution in [0.3, 0.4) is 0 Å². The monoisotopic (exact) mass is 316 g/mol. The van der Waals surface area contributed by atoms with E-state index in [-0.39, 0.29) is 6.04 Å². The van der Waals surface area contributed by atoms with Crippen LogP contribution in [0.25, 0.3) is 0 Å². The molecule has 0 aliphatic rings. The smallest absolute Gasteiger partial charge is 0.247 e. The van der Waals surface area contributed by atoms with Crippen LogP contribution in [-0.2, 0) is 16.6 Å². The summed E-state index contributed by atoms with van der Waals surface area (Å²) in [5, 5.41) is 10.2. The lowest BCUT2D eigenvalue weighted by Gasteiger charge is -2.25. The molecule has 1 aromatic heterocycles. The highest BCUT2D eigenvalue weighted by atomic mass is 32.2. The van der Waals surface area contributed by atoms with Gasteiger partial charge in [-0.1, -0.05) is 13.8 Å². The molecule has 0 bridgehead atoms. The number of nitrogens with one attached hydrogen (secondary N) is 2. The Morgan fingerprint density at radius 1 is 1.29 bits per heavy atom. The van der Waals surface area contributed by atoms with E-state index >= 15 is 0 Å². The lowest BCUT2D eigenvalue weighted by atomic mass is 10.3. The third-order valence-electron chi connectivity index (χ3n) is 3.27. The third kappa shape index (κ3) is 4.28. The summed E-state index contributed by atoms with van der Waals surface area (Å²) in [5.41, 5.74) is 1.17. The second-order valence-electron chi connectivity index (χ2n) is 5.51. The van der Waals surface area contributed by atoms with Crippen LogP contribution in [-0.4, -0.2) is 42.1 Å². The number of hydrogen-bond donors (Lipinski definition) is 2. The zero-order valence-corrected chi connectivity index (χ0v) is 14.5. The topological polar surface area (TPSA) is 78.1 Å². The Morgan fingerprint density at radius 2 is 1.95 bits per heavy atom. The molecule has 7 heteroatoms. The van der Waals surface area contributed by atoms with Gasteiger partial charge in [-0.15, -0.1) is 0 Å².